The van der Waals surface area contributed by atoms with Crippen LogP contribution in [0.5, 0.6) is 5.75 Å². The number of halogens is 1. The van der Waals surface area contributed by atoms with Crippen LogP contribution in [0.4, 0.5) is 0 Å². The summed E-state index contributed by atoms with van der Waals surface area (Å²) in [6.07, 6.45) is 0.981. The minimum Gasteiger partial charge on any atom is -0.496 e. The van der Waals surface area contributed by atoms with E-state index in [1.54, 1.807) is 18.4 Å². The number of ether oxygens (including phenoxy) is 1. The first kappa shape index (κ1) is 13.7. The normalized spacial score (nSPS) is 12.5. The van der Waals surface area contributed by atoms with Crippen LogP contribution in [0.25, 0.3) is 10.8 Å². The Hall–Kier alpha value is -1.32. The molecule has 102 valence electrons. The Morgan fingerprint density at radius 1 is 1.10 bits per heavy atom. The molecule has 0 saturated heterocycles. The van der Waals surface area contributed by atoms with E-state index in [0.29, 0.717) is 4.83 Å². The number of benzene rings is 2. The molecular weight excluding hydrogens is 332 g/mol. The van der Waals surface area contributed by atoms with Gasteiger partial charge in [-0.3, -0.25) is 0 Å². The van der Waals surface area contributed by atoms with Crippen LogP contribution < -0.4 is 4.74 Å². The van der Waals surface area contributed by atoms with E-state index in [9.17, 15) is 0 Å². The van der Waals surface area contributed by atoms with Crippen molar-refractivity contribution >= 4 is 38.0 Å². The van der Waals surface area contributed by atoms with Crippen molar-refractivity contribution in [2.24, 2.45) is 0 Å². The molecule has 1 unspecified atom stereocenters. The van der Waals surface area contributed by atoms with Crippen LogP contribution in [0, 0.1) is 0 Å². The second-order valence-electron chi connectivity index (χ2n) is 4.74. The summed E-state index contributed by atoms with van der Waals surface area (Å²) in [7, 11) is 1.71. The van der Waals surface area contributed by atoms with Crippen LogP contribution >= 0.6 is 27.3 Å². The summed E-state index contributed by atoms with van der Waals surface area (Å²) < 4.78 is 5.24. The van der Waals surface area contributed by atoms with Crippen LogP contribution in [-0.2, 0) is 6.42 Å². The number of hydrogen-bond acceptors (Lipinski definition) is 2. The molecule has 0 aliphatic carbocycles. The van der Waals surface area contributed by atoms with E-state index in [1.807, 2.05) is 5.38 Å². The second kappa shape index (κ2) is 5.98. The van der Waals surface area contributed by atoms with Gasteiger partial charge >= 0.3 is 0 Å². The molecule has 2 aromatic carbocycles. The van der Waals surface area contributed by atoms with E-state index in [-0.39, 0.29) is 0 Å². The Bertz CT molecular complexity index is 720. The van der Waals surface area contributed by atoms with Gasteiger partial charge in [0, 0.05) is 10.3 Å². The highest BCUT2D eigenvalue weighted by atomic mass is 79.9. The summed E-state index contributed by atoms with van der Waals surface area (Å²) in [6.45, 7) is 0. The fourth-order valence-electron chi connectivity index (χ4n) is 2.28. The van der Waals surface area contributed by atoms with Crippen molar-refractivity contribution in [3.63, 3.8) is 0 Å². The van der Waals surface area contributed by atoms with E-state index < -0.39 is 0 Å². The van der Waals surface area contributed by atoms with Gasteiger partial charge in [0.1, 0.15) is 5.75 Å². The highest BCUT2D eigenvalue weighted by Crippen LogP contribution is 2.34. The molecule has 1 nitrogen and oxygen atoms in total. The quantitative estimate of drug-likeness (QED) is 0.559. The summed E-state index contributed by atoms with van der Waals surface area (Å²) in [6, 6.07) is 17.3. The first-order valence-electron chi connectivity index (χ1n) is 6.50. The van der Waals surface area contributed by atoms with E-state index in [1.165, 1.54) is 21.2 Å². The number of fused-ring (bicyclic) bond motifs is 1. The fraction of sp³-hybridized carbons (Fsp3) is 0.176. The SMILES string of the molecule is COc1csc(C(Br)Cc2ccc3ccccc3c2)c1. The lowest BCUT2D eigenvalue weighted by molar-refractivity contribution is 0.416. The molecule has 20 heavy (non-hydrogen) atoms. The monoisotopic (exact) mass is 346 g/mol. The predicted octanol–water partition coefficient (Wildman–Crippen LogP) is 5.59. The number of rotatable bonds is 4. The lowest BCUT2D eigenvalue weighted by Gasteiger charge is -2.08. The van der Waals surface area contributed by atoms with E-state index >= 15 is 0 Å². The summed E-state index contributed by atoms with van der Waals surface area (Å²) in [4.78, 5) is 1.63. The zero-order chi connectivity index (χ0) is 13.9. The van der Waals surface area contributed by atoms with Gasteiger partial charge in [0.25, 0.3) is 0 Å². The van der Waals surface area contributed by atoms with Crippen molar-refractivity contribution < 1.29 is 4.74 Å². The smallest absolute Gasteiger partial charge is 0.129 e. The van der Waals surface area contributed by atoms with Gasteiger partial charge in [-0.25, -0.2) is 0 Å². The maximum atomic E-state index is 5.24. The lowest BCUT2D eigenvalue weighted by atomic mass is 10.0. The van der Waals surface area contributed by atoms with Gasteiger partial charge in [0.15, 0.2) is 0 Å². The number of hydrogen-bond donors (Lipinski definition) is 0. The van der Waals surface area contributed by atoms with Gasteiger partial charge in [-0.2, -0.15) is 0 Å². The van der Waals surface area contributed by atoms with Crippen molar-refractivity contribution in [1.82, 2.24) is 0 Å². The molecule has 0 amide bonds. The Kier molecular flexibility index (Phi) is 4.08. The van der Waals surface area contributed by atoms with Gasteiger partial charge in [-0.1, -0.05) is 58.4 Å². The maximum absolute atomic E-state index is 5.24. The molecular formula is C17H15BrOS. The highest BCUT2D eigenvalue weighted by Gasteiger charge is 2.12. The fourth-order valence-corrected chi connectivity index (χ4v) is 3.94. The molecule has 0 spiro atoms. The second-order valence-corrected chi connectivity index (χ2v) is 6.79. The van der Waals surface area contributed by atoms with Crippen molar-refractivity contribution in [1.29, 1.82) is 0 Å². The molecule has 1 heterocycles. The van der Waals surface area contributed by atoms with E-state index in [0.717, 1.165) is 12.2 Å². The van der Waals surface area contributed by atoms with Gasteiger partial charge in [0.2, 0.25) is 0 Å². The average Bonchev–Trinajstić information content (AvgIpc) is 2.96. The van der Waals surface area contributed by atoms with Crippen LogP contribution in [-0.4, -0.2) is 7.11 Å². The largest absolute Gasteiger partial charge is 0.496 e. The molecule has 3 rings (SSSR count). The van der Waals surface area contributed by atoms with Crippen molar-refractivity contribution in [2.45, 2.75) is 11.2 Å². The predicted molar refractivity (Wildman–Crippen MR) is 90.2 cm³/mol. The zero-order valence-corrected chi connectivity index (χ0v) is 13.6. The van der Waals surface area contributed by atoms with Crippen LogP contribution in [0.15, 0.2) is 53.9 Å². The van der Waals surface area contributed by atoms with Crippen molar-refractivity contribution in [2.75, 3.05) is 7.11 Å². The molecule has 1 aromatic heterocycles. The minimum atomic E-state index is 0.331. The first-order chi connectivity index (χ1) is 9.76. The third-order valence-electron chi connectivity index (χ3n) is 3.37. The Morgan fingerprint density at radius 2 is 1.90 bits per heavy atom. The molecule has 0 saturated carbocycles. The topological polar surface area (TPSA) is 9.23 Å². The van der Waals surface area contributed by atoms with Crippen molar-refractivity contribution in [3.05, 3.63) is 64.4 Å². The van der Waals surface area contributed by atoms with Gasteiger partial charge in [-0.15, -0.1) is 11.3 Å². The van der Waals surface area contributed by atoms with Crippen LogP contribution in [0.3, 0.4) is 0 Å². The third-order valence-corrected chi connectivity index (χ3v) is 5.51. The molecule has 0 aliphatic rings. The van der Waals surface area contributed by atoms with Gasteiger partial charge < -0.3 is 4.74 Å². The summed E-state index contributed by atoms with van der Waals surface area (Å²) in [5, 5.41) is 4.64. The standard InChI is InChI=1S/C17H15BrOS/c1-19-15-10-17(20-11-15)16(18)9-12-6-7-13-4-2-3-5-14(13)8-12/h2-8,10-11,16H,9H2,1H3. The van der Waals surface area contributed by atoms with Crippen molar-refractivity contribution in [3.8, 4) is 5.75 Å². The number of alkyl halides is 1. The molecule has 0 fully saturated rings. The minimum absolute atomic E-state index is 0.331. The molecule has 0 N–H and O–H groups in total. The lowest BCUT2D eigenvalue weighted by Crippen LogP contribution is -1.93. The Labute approximate surface area is 131 Å². The molecule has 3 aromatic rings. The first-order valence-corrected chi connectivity index (χ1v) is 8.30. The highest BCUT2D eigenvalue weighted by molar-refractivity contribution is 9.09. The summed E-state index contributed by atoms with van der Waals surface area (Å²) in [5.41, 5.74) is 1.35. The van der Waals surface area contributed by atoms with Crippen LogP contribution in [0.1, 0.15) is 15.3 Å². The molecule has 0 aliphatic heterocycles. The Balaban J connectivity index is 1.81. The average molecular weight is 347 g/mol. The molecule has 0 radical (unpaired) electrons. The van der Waals surface area contributed by atoms with E-state index in [4.69, 9.17) is 4.74 Å². The molecule has 3 heteroatoms. The zero-order valence-electron chi connectivity index (χ0n) is 11.2. The van der Waals surface area contributed by atoms with Crippen LogP contribution in [0.2, 0.25) is 0 Å². The van der Waals surface area contributed by atoms with Gasteiger partial charge in [0.05, 0.1) is 11.9 Å². The number of methoxy groups -OCH3 is 1. The number of thiophene rings is 1. The van der Waals surface area contributed by atoms with Gasteiger partial charge in [-0.05, 0) is 28.8 Å². The maximum Gasteiger partial charge on any atom is 0.129 e. The van der Waals surface area contributed by atoms with E-state index in [2.05, 4.69) is 64.5 Å². The third kappa shape index (κ3) is 2.89. The Morgan fingerprint density at radius 3 is 2.65 bits per heavy atom. The summed E-state index contributed by atoms with van der Waals surface area (Å²) >= 11 is 5.52. The molecule has 0 bridgehead atoms. The summed E-state index contributed by atoms with van der Waals surface area (Å²) in [5.74, 6) is 0.938. The molecule has 1 atom stereocenters.